The van der Waals surface area contributed by atoms with Crippen LogP contribution < -0.4 is 4.18 Å². The van der Waals surface area contributed by atoms with Crippen molar-refractivity contribution in [1.82, 2.24) is 4.31 Å². The van der Waals surface area contributed by atoms with Crippen molar-refractivity contribution in [1.29, 1.82) is 0 Å². The molecule has 1 saturated heterocycles. The predicted octanol–water partition coefficient (Wildman–Crippen LogP) is 2.67. The molecule has 0 N–H and O–H groups in total. The van der Waals surface area contributed by atoms with Crippen LogP contribution in [0.4, 0.5) is 0 Å². The Labute approximate surface area is 183 Å². The van der Waals surface area contributed by atoms with Gasteiger partial charge in [-0.1, -0.05) is 30.7 Å². The van der Waals surface area contributed by atoms with E-state index in [2.05, 4.69) is 0 Å². The summed E-state index contributed by atoms with van der Waals surface area (Å²) in [5.74, 6) is -0.746. The summed E-state index contributed by atoms with van der Waals surface area (Å²) in [5.41, 5.74) is 0.716. The van der Waals surface area contributed by atoms with Gasteiger partial charge in [-0.25, -0.2) is 17.5 Å². The normalized spacial score (nSPS) is 22.6. The molecule has 3 rings (SSSR count). The van der Waals surface area contributed by atoms with Crippen molar-refractivity contribution in [2.75, 3.05) is 19.7 Å². The summed E-state index contributed by atoms with van der Waals surface area (Å²) in [4.78, 5) is 12.4. The van der Waals surface area contributed by atoms with E-state index in [-0.39, 0.29) is 31.0 Å². The number of rotatable bonds is 7. The van der Waals surface area contributed by atoms with E-state index < -0.39 is 36.6 Å². The Bertz CT molecular complexity index is 1100. The van der Waals surface area contributed by atoms with Crippen LogP contribution in [0.25, 0.3) is 0 Å². The van der Waals surface area contributed by atoms with Crippen molar-refractivity contribution >= 4 is 26.1 Å². The molecule has 0 saturated carbocycles. The Morgan fingerprint density at radius 2 is 1.84 bits per heavy atom. The van der Waals surface area contributed by atoms with Gasteiger partial charge in [0.05, 0.1) is 6.61 Å². The molecule has 1 fully saturated rings. The number of benzene rings is 1. The Balaban J connectivity index is 2.10. The van der Waals surface area contributed by atoms with Crippen LogP contribution in [0, 0.1) is 6.92 Å². The van der Waals surface area contributed by atoms with E-state index in [1.807, 2.05) is 0 Å². The fourth-order valence-corrected chi connectivity index (χ4v) is 8.01. The summed E-state index contributed by atoms with van der Waals surface area (Å²) in [6, 6.07) is 6.34. The van der Waals surface area contributed by atoms with Crippen molar-refractivity contribution in [2.24, 2.45) is 0 Å². The van der Waals surface area contributed by atoms with Crippen molar-refractivity contribution in [3.8, 4) is 5.75 Å². The van der Waals surface area contributed by atoms with E-state index in [1.54, 1.807) is 26.0 Å². The molecule has 1 aliphatic heterocycles. The van der Waals surface area contributed by atoms with E-state index >= 15 is 0 Å². The number of hydrogen-bond donors (Lipinski definition) is 0. The maximum atomic E-state index is 13.7. The second kappa shape index (κ2) is 9.13. The maximum absolute atomic E-state index is 13.7. The second-order valence-corrected chi connectivity index (χ2v) is 11.8. The smallest absolute Gasteiger partial charge is 0.335 e. The zero-order valence-corrected chi connectivity index (χ0v) is 19.2. The number of nitrogens with zero attached hydrogens (tertiary/aromatic N) is 1. The number of aryl methyl sites for hydroxylation is 1. The molecule has 8 nitrogen and oxygen atoms in total. The number of hydrogen-bond acceptors (Lipinski definition) is 7. The average molecular weight is 470 g/mol. The Kier molecular flexibility index (Phi) is 6.92. The Morgan fingerprint density at radius 3 is 2.48 bits per heavy atom. The molecule has 2 aliphatic rings. The minimum Gasteiger partial charge on any atom is -0.463 e. The molecule has 170 valence electrons. The Morgan fingerprint density at radius 1 is 1.13 bits per heavy atom. The highest BCUT2D eigenvalue weighted by molar-refractivity contribution is 8.07. The van der Waals surface area contributed by atoms with Gasteiger partial charge < -0.3 is 8.92 Å². The minimum absolute atomic E-state index is 0.00820. The van der Waals surface area contributed by atoms with Crippen LogP contribution in [0.15, 0.2) is 48.1 Å². The molecule has 31 heavy (non-hydrogen) atoms. The molecule has 1 atom stereocenters. The van der Waals surface area contributed by atoms with E-state index in [0.29, 0.717) is 12.8 Å². The highest BCUT2D eigenvalue weighted by Gasteiger charge is 2.59. The fourth-order valence-electron chi connectivity index (χ4n) is 3.72. The third-order valence-electron chi connectivity index (χ3n) is 5.33. The Hall–Kier alpha value is -2.17. The summed E-state index contributed by atoms with van der Waals surface area (Å²) >= 11 is 0. The largest absolute Gasteiger partial charge is 0.463 e. The lowest BCUT2D eigenvalue weighted by Gasteiger charge is -2.37. The number of carbonyl (C=O) groups is 1. The summed E-state index contributed by atoms with van der Waals surface area (Å²) in [6.45, 7) is 3.90. The quantitative estimate of drug-likeness (QED) is 0.446. The standard InChI is InChI=1S/C21H27NO7S2/c1-3-28-20(23)18-10-8-12-21(16-18,30(24,25)22-13-5-4-6-14-22)31(26,27)29-19-11-7-9-17(2)15-19/h7-12,15H,3-6,13-14,16H2,1-2H3. The molecule has 0 amide bonds. The van der Waals surface area contributed by atoms with E-state index in [9.17, 15) is 21.6 Å². The van der Waals surface area contributed by atoms with Gasteiger partial charge in [0.2, 0.25) is 14.1 Å². The zero-order valence-electron chi connectivity index (χ0n) is 17.6. The second-order valence-electron chi connectivity index (χ2n) is 7.58. The van der Waals surface area contributed by atoms with Gasteiger partial charge in [0, 0.05) is 25.1 Å². The van der Waals surface area contributed by atoms with Crippen LogP contribution in [0.2, 0.25) is 0 Å². The van der Waals surface area contributed by atoms with Gasteiger partial charge >= 0.3 is 16.1 Å². The topological polar surface area (TPSA) is 107 Å². The lowest BCUT2D eigenvalue weighted by atomic mass is 10.0. The molecule has 0 bridgehead atoms. The highest BCUT2D eigenvalue weighted by atomic mass is 32.3. The number of esters is 1. The number of ether oxygens (including phenoxy) is 1. The molecule has 1 aromatic carbocycles. The van der Waals surface area contributed by atoms with Crippen molar-refractivity contribution in [2.45, 2.75) is 43.6 Å². The van der Waals surface area contributed by atoms with Crippen LogP contribution in [0.5, 0.6) is 5.75 Å². The molecule has 0 aromatic heterocycles. The van der Waals surface area contributed by atoms with Gasteiger partial charge in [-0.2, -0.15) is 8.42 Å². The molecule has 1 aliphatic carbocycles. The third kappa shape index (κ3) is 4.56. The first-order chi connectivity index (χ1) is 14.6. The predicted molar refractivity (Wildman–Crippen MR) is 116 cm³/mol. The van der Waals surface area contributed by atoms with Crippen molar-refractivity contribution in [3.05, 3.63) is 53.6 Å². The van der Waals surface area contributed by atoms with E-state index in [4.69, 9.17) is 8.92 Å². The van der Waals surface area contributed by atoms with Gasteiger partial charge in [-0.05, 0) is 50.5 Å². The van der Waals surface area contributed by atoms with Crippen LogP contribution in [0.1, 0.15) is 38.2 Å². The number of carbonyl (C=O) groups excluding carboxylic acids is 1. The van der Waals surface area contributed by atoms with Crippen LogP contribution in [0.3, 0.4) is 0 Å². The lowest BCUT2D eigenvalue weighted by molar-refractivity contribution is -0.138. The molecular weight excluding hydrogens is 442 g/mol. The maximum Gasteiger partial charge on any atom is 0.335 e. The molecule has 1 aromatic rings. The molecule has 1 heterocycles. The summed E-state index contributed by atoms with van der Waals surface area (Å²) < 4.78 is 63.6. The SMILES string of the molecule is CCOC(=O)C1=CC=CC(S(=O)(=O)Oc2cccc(C)c2)(S(=O)(=O)N2CCCCC2)C1. The molecule has 1 unspecified atom stereocenters. The molecular formula is C21H27NO7S2. The first-order valence-corrected chi connectivity index (χ1v) is 13.0. The van der Waals surface area contributed by atoms with Crippen LogP contribution in [-0.2, 0) is 29.7 Å². The summed E-state index contributed by atoms with van der Waals surface area (Å²) in [7, 11) is -9.20. The van der Waals surface area contributed by atoms with Crippen molar-refractivity contribution < 1.29 is 30.6 Å². The van der Waals surface area contributed by atoms with Gasteiger partial charge in [0.25, 0.3) is 0 Å². The first kappa shape index (κ1) is 23.5. The van der Waals surface area contributed by atoms with Crippen molar-refractivity contribution in [3.63, 3.8) is 0 Å². The van der Waals surface area contributed by atoms with Gasteiger partial charge in [-0.3, -0.25) is 0 Å². The first-order valence-electron chi connectivity index (χ1n) is 10.2. The number of sulfonamides is 1. The molecule has 10 heteroatoms. The van der Waals surface area contributed by atoms with Crippen LogP contribution >= 0.6 is 0 Å². The van der Waals surface area contributed by atoms with Gasteiger partial charge in [0.15, 0.2) is 0 Å². The molecule has 0 radical (unpaired) electrons. The summed E-state index contributed by atoms with van der Waals surface area (Å²) in [6.07, 6.45) is 5.31. The third-order valence-corrected chi connectivity index (χ3v) is 10.3. The zero-order chi connectivity index (χ0) is 22.7. The average Bonchev–Trinajstić information content (AvgIpc) is 2.74. The number of piperidine rings is 1. The monoisotopic (exact) mass is 469 g/mol. The van der Waals surface area contributed by atoms with E-state index in [1.165, 1.54) is 28.6 Å². The van der Waals surface area contributed by atoms with Gasteiger partial charge in [-0.15, -0.1) is 0 Å². The summed E-state index contributed by atoms with van der Waals surface area (Å²) in [5, 5.41) is 0. The minimum atomic E-state index is -4.77. The lowest BCUT2D eigenvalue weighted by Crippen LogP contribution is -2.55. The van der Waals surface area contributed by atoms with Gasteiger partial charge in [0.1, 0.15) is 5.75 Å². The van der Waals surface area contributed by atoms with Crippen LogP contribution in [-0.4, -0.2) is 50.9 Å². The fraction of sp³-hybridized carbons (Fsp3) is 0.476. The molecule has 0 spiro atoms. The van der Waals surface area contributed by atoms with E-state index in [0.717, 1.165) is 18.1 Å². The number of allylic oxidation sites excluding steroid dienone is 2. The highest BCUT2D eigenvalue weighted by Crippen LogP contribution is 2.41.